The van der Waals surface area contributed by atoms with Crippen LogP contribution >= 0.6 is 0 Å². The fraction of sp³-hybridized carbons (Fsp3) is 0.176. The normalized spacial score (nSPS) is 12.6. The van der Waals surface area contributed by atoms with E-state index in [9.17, 15) is 8.42 Å². The number of hydrogen-bond acceptors (Lipinski definition) is 3. The number of sulfonamides is 1. The molecule has 40 heavy (non-hydrogen) atoms. The second-order valence-corrected chi connectivity index (χ2v) is 11.7. The Morgan fingerprint density at radius 2 is 1.15 bits per heavy atom. The van der Waals surface area contributed by atoms with Crippen LogP contribution in [-0.4, -0.2) is 8.42 Å². The molecule has 0 heterocycles. The van der Waals surface area contributed by atoms with Crippen molar-refractivity contribution in [1.29, 1.82) is 0 Å². The molecule has 0 aliphatic rings. The van der Waals surface area contributed by atoms with Gasteiger partial charge in [0.1, 0.15) is 0 Å². The van der Waals surface area contributed by atoms with Gasteiger partial charge in [0, 0.05) is 19.5 Å². The van der Waals surface area contributed by atoms with E-state index in [1.807, 2.05) is 91.0 Å². The Labute approximate surface area is 251 Å². The molecule has 5 aromatic carbocycles. The molecule has 0 bridgehead atoms. The van der Waals surface area contributed by atoms with Crippen LogP contribution in [0.1, 0.15) is 54.1 Å². The minimum Gasteiger partial charge on any atom is -0.322 e. The van der Waals surface area contributed by atoms with Crippen LogP contribution in [0.3, 0.4) is 0 Å². The van der Waals surface area contributed by atoms with Crippen molar-refractivity contribution in [1.82, 2.24) is 4.72 Å². The fourth-order valence-corrected chi connectivity index (χ4v) is 5.68. The summed E-state index contributed by atoms with van der Waals surface area (Å²) < 4.78 is 29.3. The molecular weight excluding hydrogens is 602 g/mol. The van der Waals surface area contributed by atoms with Crippen molar-refractivity contribution < 1.29 is 27.9 Å². The van der Waals surface area contributed by atoms with Gasteiger partial charge in [-0.05, 0) is 52.4 Å². The summed E-state index contributed by atoms with van der Waals surface area (Å²) in [4.78, 5) is 0.220. The second-order valence-electron chi connectivity index (χ2n) is 10.0. The molecule has 5 rings (SSSR count). The van der Waals surface area contributed by atoms with Gasteiger partial charge in [0.25, 0.3) is 0 Å². The third-order valence-corrected chi connectivity index (χ3v) is 8.20. The summed E-state index contributed by atoms with van der Waals surface area (Å²) in [6.45, 7) is 6.54. The van der Waals surface area contributed by atoms with Crippen LogP contribution in [0.5, 0.6) is 0 Å². The zero-order valence-electron chi connectivity index (χ0n) is 23.0. The first-order valence-corrected chi connectivity index (χ1v) is 14.7. The Balaban J connectivity index is 0.000000340. The summed E-state index contributed by atoms with van der Waals surface area (Å²) in [6.07, 6.45) is 0. The van der Waals surface area contributed by atoms with Crippen molar-refractivity contribution in [2.75, 3.05) is 0 Å². The molecule has 0 radical (unpaired) electrons. The molecule has 2 atom stereocenters. The Bertz CT molecular complexity index is 1590. The van der Waals surface area contributed by atoms with Gasteiger partial charge < -0.3 is 5.73 Å². The Hall–Kier alpha value is -3.15. The van der Waals surface area contributed by atoms with E-state index in [-0.39, 0.29) is 24.4 Å². The molecule has 0 saturated heterocycles. The van der Waals surface area contributed by atoms with Crippen molar-refractivity contribution in [3.05, 3.63) is 150 Å². The van der Waals surface area contributed by atoms with Crippen LogP contribution in [0.2, 0.25) is 0 Å². The fourth-order valence-electron chi connectivity index (χ4n) is 4.40. The number of nitrogens with one attached hydrogen (secondary N) is 1. The van der Waals surface area contributed by atoms with Gasteiger partial charge in [-0.1, -0.05) is 135 Å². The molecule has 6 heteroatoms. The molecule has 0 saturated carbocycles. The van der Waals surface area contributed by atoms with E-state index >= 15 is 0 Å². The average Bonchev–Trinajstić information content (AvgIpc) is 2.97. The third kappa shape index (κ3) is 8.19. The molecule has 0 aliphatic heterocycles. The zero-order chi connectivity index (χ0) is 27.8. The Morgan fingerprint density at radius 3 is 1.73 bits per heavy atom. The van der Waals surface area contributed by atoms with Crippen molar-refractivity contribution >= 4 is 20.8 Å². The maximum atomic E-state index is 13.2. The van der Waals surface area contributed by atoms with Crippen molar-refractivity contribution in [3.63, 3.8) is 0 Å². The molecular formula is C34H36N2O2RuS. The Kier molecular flexibility index (Phi) is 11.4. The van der Waals surface area contributed by atoms with Crippen molar-refractivity contribution in [2.24, 2.45) is 5.73 Å². The summed E-state index contributed by atoms with van der Waals surface area (Å²) in [5, 5.41) is 1.87. The van der Waals surface area contributed by atoms with E-state index in [4.69, 9.17) is 5.73 Å². The first-order chi connectivity index (χ1) is 18.7. The van der Waals surface area contributed by atoms with Crippen LogP contribution in [-0.2, 0) is 29.5 Å². The van der Waals surface area contributed by atoms with Crippen LogP contribution in [0.25, 0.3) is 10.8 Å². The SMILES string of the molecule is Cc1ccc(C(C)C)cc1.N[C@H](c1ccccc1)[C@H](NS(=O)(=O)c1ccc2ccccc2c1)c1ccccc1.[Ru]. The number of aryl methyl sites for hydroxylation is 1. The van der Waals surface area contributed by atoms with Gasteiger partial charge >= 0.3 is 0 Å². The van der Waals surface area contributed by atoms with Crippen LogP contribution in [0, 0.1) is 6.92 Å². The van der Waals surface area contributed by atoms with E-state index < -0.39 is 22.1 Å². The van der Waals surface area contributed by atoms with Gasteiger partial charge in [0.05, 0.1) is 17.0 Å². The molecule has 3 N–H and O–H groups in total. The van der Waals surface area contributed by atoms with E-state index in [1.54, 1.807) is 12.1 Å². The topological polar surface area (TPSA) is 72.2 Å². The number of rotatable bonds is 7. The standard InChI is InChI=1S/C24H22N2O2S.C10H14.Ru/c25-23(19-10-3-1-4-11-19)24(20-12-5-2-6-13-20)26-29(27,28)22-16-15-18-9-7-8-14-21(18)17-22;1-8(2)10-6-4-9(3)5-7-10;/h1-17,23-24,26H,25H2;4-8H,1-3H3;/t23-,24-;;/m1../s1. The first-order valence-electron chi connectivity index (χ1n) is 13.2. The molecule has 208 valence electrons. The number of nitrogens with two attached hydrogens (primary N) is 1. The van der Waals surface area contributed by atoms with Crippen LogP contribution in [0.4, 0.5) is 0 Å². The summed E-state index contributed by atoms with van der Waals surface area (Å²) >= 11 is 0. The van der Waals surface area contributed by atoms with Crippen molar-refractivity contribution in [3.8, 4) is 0 Å². The monoisotopic (exact) mass is 638 g/mol. The first kappa shape index (κ1) is 31.4. The quantitative estimate of drug-likeness (QED) is 0.180. The average molecular weight is 638 g/mol. The molecule has 5 aromatic rings. The van der Waals surface area contributed by atoms with Crippen LogP contribution < -0.4 is 10.5 Å². The van der Waals surface area contributed by atoms with Crippen LogP contribution in [0.15, 0.2) is 132 Å². The van der Waals surface area contributed by atoms with Crippen molar-refractivity contribution in [2.45, 2.75) is 43.7 Å². The summed E-state index contributed by atoms with van der Waals surface area (Å²) in [7, 11) is -3.78. The summed E-state index contributed by atoms with van der Waals surface area (Å²) in [5.41, 5.74) is 11.0. The predicted molar refractivity (Wildman–Crippen MR) is 162 cm³/mol. The molecule has 0 unspecified atom stereocenters. The number of hydrogen-bond donors (Lipinski definition) is 2. The number of benzene rings is 5. The molecule has 0 aliphatic carbocycles. The number of fused-ring (bicyclic) bond motifs is 1. The van der Waals surface area contributed by atoms with Gasteiger partial charge in [0.15, 0.2) is 0 Å². The van der Waals surface area contributed by atoms with E-state index in [0.717, 1.165) is 21.9 Å². The maximum Gasteiger partial charge on any atom is 0.241 e. The molecule has 0 amide bonds. The van der Waals surface area contributed by atoms with Gasteiger partial charge in [-0.25, -0.2) is 13.1 Å². The minimum absolute atomic E-state index is 0. The summed E-state index contributed by atoms with van der Waals surface area (Å²) in [5.74, 6) is 0.653. The zero-order valence-corrected chi connectivity index (χ0v) is 25.6. The second kappa shape index (κ2) is 14.5. The molecule has 0 spiro atoms. The summed E-state index contributed by atoms with van der Waals surface area (Å²) in [6, 6.07) is 39.3. The third-order valence-electron chi connectivity index (χ3n) is 6.76. The van der Waals surface area contributed by atoms with Gasteiger partial charge in [-0.15, -0.1) is 0 Å². The van der Waals surface area contributed by atoms with Gasteiger partial charge in [-0.3, -0.25) is 0 Å². The Morgan fingerprint density at radius 1 is 0.625 bits per heavy atom. The van der Waals surface area contributed by atoms with E-state index in [0.29, 0.717) is 5.92 Å². The van der Waals surface area contributed by atoms with Gasteiger partial charge in [-0.2, -0.15) is 0 Å². The van der Waals surface area contributed by atoms with E-state index in [1.165, 1.54) is 11.1 Å². The molecule has 0 fully saturated rings. The van der Waals surface area contributed by atoms with Gasteiger partial charge in [0.2, 0.25) is 10.0 Å². The molecule has 0 aromatic heterocycles. The largest absolute Gasteiger partial charge is 0.322 e. The predicted octanol–water partition coefficient (Wildman–Crippen LogP) is 7.68. The van der Waals surface area contributed by atoms with E-state index in [2.05, 4.69) is 49.8 Å². The molecule has 4 nitrogen and oxygen atoms in total. The smallest absolute Gasteiger partial charge is 0.241 e. The maximum absolute atomic E-state index is 13.2. The minimum atomic E-state index is -3.78.